The maximum absolute atomic E-state index is 12.6. The molecule has 2 aromatic rings. The van der Waals surface area contributed by atoms with Gasteiger partial charge < -0.3 is 19.7 Å². The topological polar surface area (TPSA) is 123 Å². The lowest BCUT2D eigenvalue weighted by molar-refractivity contribution is -0.383. The van der Waals surface area contributed by atoms with Gasteiger partial charge in [-0.1, -0.05) is 37.6 Å². The number of esters is 1. The molecule has 0 amide bonds. The molecule has 0 saturated carbocycles. The Bertz CT molecular complexity index is 1090. The molecule has 2 unspecified atom stereocenters. The number of nitrogens with one attached hydrogen (secondary N) is 1. The van der Waals surface area contributed by atoms with E-state index in [-0.39, 0.29) is 43.0 Å². The summed E-state index contributed by atoms with van der Waals surface area (Å²) in [4.78, 5) is 36.9. The quantitative estimate of drug-likeness (QED) is 0.162. The van der Waals surface area contributed by atoms with Crippen LogP contribution in [0.3, 0.4) is 0 Å². The van der Waals surface area contributed by atoms with E-state index in [1.807, 2.05) is 19.1 Å². The third-order valence-corrected chi connectivity index (χ3v) is 6.78. The number of aromatic nitrogens is 2. The summed E-state index contributed by atoms with van der Waals surface area (Å²) in [7, 11) is 1.55. The number of nitro groups is 1. The Kier molecular flexibility index (Phi) is 10.6. The van der Waals surface area contributed by atoms with Crippen LogP contribution < -0.4 is 15.0 Å². The van der Waals surface area contributed by atoms with Crippen molar-refractivity contribution in [1.29, 1.82) is 0 Å². The van der Waals surface area contributed by atoms with E-state index in [0.717, 1.165) is 30.5 Å². The van der Waals surface area contributed by atoms with Gasteiger partial charge in [-0.15, -0.1) is 0 Å². The molecule has 0 aliphatic carbocycles. The summed E-state index contributed by atoms with van der Waals surface area (Å²) in [6.07, 6.45) is 4.07. The fourth-order valence-corrected chi connectivity index (χ4v) is 4.74. The highest BCUT2D eigenvalue weighted by Crippen LogP contribution is 2.35. The van der Waals surface area contributed by atoms with E-state index < -0.39 is 10.9 Å². The molecule has 1 aliphatic heterocycles. The van der Waals surface area contributed by atoms with Crippen molar-refractivity contribution in [2.24, 2.45) is 0 Å². The average molecular weight is 529 g/mol. The normalized spacial score (nSPS) is 17.3. The van der Waals surface area contributed by atoms with Gasteiger partial charge in [0.2, 0.25) is 11.6 Å². The van der Waals surface area contributed by atoms with Crippen molar-refractivity contribution in [2.45, 2.75) is 78.6 Å². The second-order valence-corrected chi connectivity index (χ2v) is 9.66. The molecule has 208 valence electrons. The number of carbonyl (C=O) groups is 1. The average Bonchev–Trinajstić information content (AvgIpc) is 3.20. The van der Waals surface area contributed by atoms with Crippen LogP contribution >= 0.6 is 0 Å². The van der Waals surface area contributed by atoms with Crippen LogP contribution in [-0.4, -0.2) is 64.7 Å². The van der Waals surface area contributed by atoms with Crippen LogP contribution in [0, 0.1) is 10.1 Å². The Balaban J connectivity index is 1.98. The van der Waals surface area contributed by atoms with Gasteiger partial charge in [0, 0.05) is 32.2 Å². The van der Waals surface area contributed by atoms with Crippen LogP contribution in [0.15, 0.2) is 24.3 Å². The van der Waals surface area contributed by atoms with Gasteiger partial charge in [-0.3, -0.25) is 19.8 Å². The predicted molar refractivity (Wildman–Crippen MR) is 146 cm³/mol. The summed E-state index contributed by atoms with van der Waals surface area (Å²) in [6, 6.07) is 9.15. The largest absolute Gasteiger partial charge is 0.465 e. The van der Waals surface area contributed by atoms with Crippen molar-refractivity contribution in [3.05, 3.63) is 45.5 Å². The van der Waals surface area contributed by atoms with E-state index in [2.05, 4.69) is 46.2 Å². The Morgan fingerprint density at radius 3 is 2.55 bits per heavy atom. The zero-order valence-electron chi connectivity index (χ0n) is 23.1. The standard InChI is InChI=1S/C27H40N6O5/c1-6-8-14-38-27-29-25(28-5)24(33(35)36)26(30-27)31(18-23(34)37-7-2)16-21-10-9-11-22(15-21)17-32-19(3)12-13-20(32)4/h9-11,15,19-20H,6-8,12-14,16-18H2,1-5H3,(H,28,29,30). The lowest BCUT2D eigenvalue weighted by atomic mass is 10.1. The number of hydrogen-bond donors (Lipinski definition) is 1. The zero-order valence-corrected chi connectivity index (χ0v) is 23.1. The Hall–Kier alpha value is -3.47. The van der Waals surface area contributed by atoms with Gasteiger partial charge in [0.15, 0.2) is 0 Å². The van der Waals surface area contributed by atoms with Gasteiger partial charge in [-0.2, -0.15) is 9.97 Å². The smallest absolute Gasteiger partial charge is 0.353 e. The van der Waals surface area contributed by atoms with Crippen LogP contribution in [0.25, 0.3) is 0 Å². The van der Waals surface area contributed by atoms with Crippen LogP contribution in [-0.2, 0) is 22.6 Å². The van der Waals surface area contributed by atoms with Crippen LogP contribution in [0.1, 0.15) is 64.5 Å². The number of benzene rings is 1. The molecular formula is C27H40N6O5. The first-order valence-corrected chi connectivity index (χ1v) is 13.4. The maximum atomic E-state index is 12.6. The molecule has 1 saturated heterocycles. The van der Waals surface area contributed by atoms with E-state index >= 15 is 0 Å². The molecule has 11 heteroatoms. The molecule has 3 rings (SSSR count). The van der Waals surface area contributed by atoms with Gasteiger partial charge in [-0.05, 0) is 51.2 Å². The summed E-state index contributed by atoms with van der Waals surface area (Å²) in [5, 5.41) is 14.9. The highest BCUT2D eigenvalue weighted by atomic mass is 16.6. The molecule has 0 radical (unpaired) electrons. The molecular weight excluding hydrogens is 488 g/mol. The molecule has 2 atom stereocenters. The lowest BCUT2D eigenvalue weighted by Gasteiger charge is -2.27. The van der Waals surface area contributed by atoms with Crippen molar-refractivity contribution in [2.75, 3.05) is 37.0 Å². The van der Waals surface area contributed by atoms with Crippen molar-refractivity contribution in [3.63, 3.8) is 0 Å². The second-order valence-electron chi connectivity index (χ2n) is 9.66. The number of carbonyl (C=O) groups excluding carboxylic acids is 1. The Labute approximate surface area is 224 Å². The monoisotopic (exact) mass is 528 g/mol. The number of unbranched alkanes of at least 4 members (excludes halogenated alkanes) is 1. The summed E-state index contributed by atoms with van der Waals surface area (Å²) >= 11 is 0. The van der Waals surface area contributed by atoms with Crippen molar-refractivity contribution in [3.8, 4) is 6.01 Å². The fraction of sp³-hybridized carbons (Fsp3) is 0.593. The number of likely N-dealkylation sites (tertiary alicyclic amines) is 1. The minimum Gasteiger partial charge on any atom is -0.465 e. The number of anilines is 2. The third-order valence-electron chi connectivity index (χ3n) is 6.78. The molecule has 38 heavy (non-hydrogen) atoms. The summed E-state index contributed by atoms with van der Waals surface area (Å²) in [6.45, 7) is 9.66. The Morgan fingerprint density at radius 2 is 1.92 bits per heavy atom. The number of ether oxygens (including phenoxy) is 2. The number of hydrogen-bond acceptors (Lipinski definition) is 10. The fourth-order valence-electron chi connectivity index (χ4n) is 4.74. The van der Waals surface area contributed by atoms with Crippen LogP contribution in [0.4, 0.5) is 17.3 Å². The molecule has 1 N–H and O–H groups in total. The first kappa shape index (κ1) is 29.1. The van der Waals surface area contributed by atoms with Gasteiger partial charge in [0.1, 0.15) is 6.54 Å². The summed E-state index contributed by atoms with van der Waals surface area (Å²) in [5.74, 6) is -0.483. The molecule has 1 aliphatic rings. The molecule has 1 aromatic heterocycles. The highest BCUT2D eigenvalue weighted by molar-refractivity contribution is 5.79. The van der Waals surface area contributed by atoms with E-state index in [1.54, 1.807) is 18.9 Å². The van der Waals surface area contributed by atoms with Crippen LogP contribution in [0.2, 0.25) is 0 Å². The van der Waals surface area contributed by atoms with Crippen LogP contribution in [0.5, 0.6) is 6.01 Å². The first-order chi connectivity index (χ1) is 18.3. The zero-order chi connectivity index (χ0) is 27.7. The van der Waals surface area contributed by atoms with Crippen molar-refractivity contribution >= 4 is 23.3 Å². The predicted octanol–water partition coefficient (Wildman–Crippen LogP) is 4.55. The van der Waals surface area contributed by atoms with E-state index in [9.17, 15) is 14.9 Å². The second kappa shape index (κ2) is 13.9. The molecule has 0 bridgehead atoms. The maximum Gasteiger partial charge on any atom is 0.353 e. The molecule has 11 nitrogen and oxygen atoms in total. The summed E-state index contributed by atoms with van der Waals surface area (Å²) in [5.41, 5.74) is 1.73. The SMILES string of the molecule is CCCCOc1nc(NC)c([N+](=O)[O-])c(N(CC(=O)OCC)Cc2cccc(CN3C(C)CCC3C)c2)n1. The van der Waals surface area contributed by atoms with E-state index in [1.165, 1.54) is 12.8 Å². The summed E-state index contributed by atoms with van der Waals surface area (Å²) < 4.78 is 10.9. The van der Waals surface area contributed by atoms with E-state index in [4.69, 9.17) is 9.47 Å². The minimum absolute atomic E-state index is 0.00101. The first-order valence-electron chi connectivity index (χ1n) is 13.4. The van der Waals surface area contributed by atoms with Gasteiger partial charge in [0.25, 0.3) is 0 Å². The van der Waals surface area contributed by atoms with Crippen molar-refractivity contribution in [1.82, 2.24) is 14.9 Å². The number of nitrogens with zero attached hydrogens (tertiary/aromatic N) is 5. The number of rotatable bonds is 14. The Morgan fingerprint density at radius 1 is 1.21 bits per heavy atom. The van der Waals surface area contributed by atoms with Crippen molar-refractivity contribution < 1.29 is 19.2 Å². The van der Waals surface area contributed by atoms with Gasteiger partial charge in [0.05, 0.1) is 18.1 Å². The van der Waals surface area contributed by atoms with Gasteiger partial charge in [-0.25, -0.2) is 0 Å². The van der Waals surface area contributed by atoms with E-state index in [0.29, 0.717) is 18.7 Å². The molecule has 1 aromatic carbocycles. The van der Waals surface area contributed by atoms with Gasteiger partial charge >= 0.3 is 17.7 Å². The molecule has 2 heterocycles. The highest BCUT2D eigenvalue weighted by Gasteiger charge is 2.31. The molecule has 0 spiro atoms. The lowest BCUT2D eigenvalue weighted by Crippen LogP contribution is -2.33. The minimum atomic E-state index is -0.540. The third kappa shape index (κ3) is 7.53. The molecule has 1 fully saturated rings.